The Morgan fingerprint density at radius 2 is 1.75 bits per heavy atom. The summed E-state index contributed by atoms with van der Waals surface area (Å²) >= 11 is 0. The summed E-state index contributed by atoms with van der Waals surface area (Å²) in [4.78, 5) is 0. The smallest absolute Gasteiger partial charge is 0.0707 e. The van der Waals surface area contributed by atoms with Gasteiger partial charge < -0.3 is 14.8 Å². The van der Waals surface area contributed by atoms with Gasteiger partial charge in [-0.25, -0.2) is 0 Å². The Balaban J connectivity index is 3.55. The van der Waals surface area contributed by atoms with Gasteiger partial charge >= 0.3 is 0 Å². The summed E-state index contributed by atoms with van der Waals surface area (Å²) in [5.74, 6) is 0. The van der Waals surface area contributed by atoms with Crippen LogP contribution in [0.15, 0.2) is 0 Å². The maximum atomic E-state index is 5.75. The minimum absolute atomic E-state index is 0.0682. The van der Waals surface area contributed by atoms with Gasteiger partial charge in [-0.05, 0) is 27.2 Å². The molecule has 3 nitrogen and oxygen atoms in total. The lowest BCUT2D eigenvalue weighted by molar-refractivity contribution is -0.0518. The van der Waals surface area contributed by atoms with Crippen LogP contribution in [0.25, 0.3) is 0 Å². The zero-order chi connectivity index (χ0) is 12.6. The third kappa shape index (κ3) is 10.4. The van der Waals surface area contributed by atoms with Gasteiger partial charge in [0.1, 0.15) is 0 Å². The van der Waals surface area contributed by atoms with Gasteiger partial charge in [-0.2, -0.15) is 0 Å². The van der Waals surface area contributed by atoms with E-state index >= 15 is 0 Å². The van der Waals surface area contributed by atoms with E-state index in [2.05, 4.69) is 46.9 Å². The molecule has 0 aromatic heterocycles. The largest absolute Gasteiger partial charge is 0.375 e. The van der Waals surface area contributed by atoms with Crippen molar-refractivity contribution in [1.82, 2.24) is 5.32 Å². The second-order valence-corrected chi connectivity index (χ2v) is 5.42. The van der Waals surface area contributed by atoms with Crippen LogP contribution in [-0.4, -0.2) is 37.5 Å². The van der Waals surface area contributed by atoms with Crippen molar-refractivity contribution in [2.75, 3.05) is 19.8 Å². The normalized spacial score (nSPS) is 14.4. The molecular weight excluding hydrogens is 202 g/mol. The van der Waals surface area contributed by atoms with E-state index in [0.29, 0.717) is 25.4 Å². The monoisotopic (exact) mass is 231 g/mol. The maximum Gasteiger partial charge on any atom is 0.0707 e. The van der Waals surface area contributed by atoms with Crippen LogP contribution in [0.5, 0.6) is 0 Å². The lowest BCUT2D eigenvalue weighted by Gasteiger charge is -2.22. The molecule has 0 heterocycles. The Morgan fingerprint density at radius 3 is 2.19 bits per heavy atom. The molecule has 1 atom stereocenters. The minimum atomic E-state index is -0.0682. The number of hydrogen-bond donors (Lipinski definition) is 1. The van der Waals surface area contributed by atoms with Gasteiger partial charge in [-0.3, -0.25) is 0 Å². The second kappa shape index (κ2) is 8.04. The minimum Gasteiger partial charge on any atom is -0.375 e. The molecule has 0 radical (unpaired) electrons. The van der Waals surface area contributed by atoms with Crippen molar-refractivity contribution in [3.63, 3.8) is 0 Å². The second-order valence-electron chi connectivity index (χ2n) is 5.42. The standard InChI is InChI=1S/C13H29NO2/c1-7-12(10-14-11(2)3)15-8-9-16-13(4,5)6/h11-12,14H,7-10H2,1-6H3. The highest BCUT2D eigenvalue weighted by atomic mass is 16.5. The third-order valence-corrected chi connectivity index (χ3v) is 2.18. The molecule has 0 bridgehead atoms. The van der Waals surface area contributed by atoms with Crippen molar-refractivity contribution < 1.29 is 9.47 Å². The molecule has 0 aliphatic heterocycles. The predicted octanol–water partition coefficient (Wildman–Crippen LogP) is 2.59. The zero-order valence-corrected chi connectivity index (χ0v) is 11.8. The summed E-state index contributed by atoms with van der Waals surface area (Å²) in [5.41, 5.74) is -0.0682. The lowest BCUT2D eigenvalue weighted by atomic mass is 10.2. The van der Waals surface area contributed by atoms with E-state index in [1.54, 1.807) is 0 Å². The van der Waals surface area contributed by atoms with E-state index in [-0.39, 0.29) is 5.60 Å². The molecule has 3 heteroatoms. The SMILES string of the molecule is CCC(CNC(C)C)OCCOC(C)(C)C. The summed E-state index contributed by atoms with van der Waals surface area (Å²) in [6.45, 7) is 14.9. The highest BCUT2D eigenvalue weighted by Crippen LogP contribution is 2.06. The third-order valence-electron chi connectivity index (χ3n) is 2.18. The molecule has 0 aliphatic rings. The van der Waals surface area contributed by atoms with Crippen molar-refractivity contribution in [3.8, 4) is 0 Å². The van der Waals surface area contributed by atoms with Gasteiger partial charge in [-0.1, -0.05) is 20.8 Å². The van der Waals surface area contributed by atoms with Crippen LogP contribution in [-0.2, 0) is 9.47 Å². The molecule has 0 fully saturated rings. The summed E-state index contributed by atoms with van der Waals surface area (Å²) in [6.07, 6.45) is 1.33. The van der Waals surface area contributed by atoms with E-state index in [1.807, 2.05) is 0 Å². The first kappa shape index (κ1) is 15.9. The van der Waals surface area contributed by atoms with Gasteiger partial charge in [0, 0.05) is 12.6 Å². The molecule has 0 aromatic carbocycles. The van der Waals surface area contributed by atoms with Crippen LogP contribution in [0, 0.1) is 0 Å². The quantitative estimate of drug-likeness (QED) is 0.651. The predicted molar refractivity (Wildman–Crippen MR) is 68.9 cm³/mol. The molecule has 1 unspecified atom stereocenters. The summed E-state index contributed by atoms with van der Waals surface area (Å²) in [6, 6.07) is 0.517. The molecule has 0 rings (SSSR count). The molecule has 0 amide bonds. The summed E-state index contributed by atoms with van der Waals surface area (Å²) in [5, 5.41) is 3.39. The Hall–Kier alpha value is -0.120. The van der Waals surface area contributed by atoms with Crippen molar-refractivity contribution in [2.24, 2.45) is 0 Å². The lowest BCUT2D eigenvalue weighted by Crippen LogP contribution is -2.34. The van der Waals surface area contributed by atoms with Crippen molar-refractivity contribution >= 4 is 0 Å². The summed E-state index contributed by atoms with van der Waals surface area (Å²) in [7, 11) is 0. The number of nitrogens with one attached hydrogen (secondary N) is 1. The topological polar surface area (TPSA) is 30.5 Å². The molecule has 0 aromatic rings. The van der Waals surface area contributed by atoms with Crippen LogP contribution in [0.1, 0.15) is 48.0 Å². The first-order valence-electron chi connectivity index (χ1n) is 6.34. The molecule has 0 spiro atoms. The van der Waals surface area contributed by atoms with Gasteiger partial charge in [-0.15, -0.1) is 0 Å². The first-order chi connectivity index (χ1) is 7.35. The van der Waals surface area contributed by atoms with E-state index in [9.17, 15) is 0 Å². The van der Waals surface area contributed by atoms with Crippen molar-refractivity contribution in [3.05, 3.63) is 0 Å². The van der Waals surface area contributed by atoms with Crippen LogP contribution >= 0.6 is 0 Å². The van der Waals surface area contributed by atoms with Crippen LogP contribution < -0.4 is 5.32 Å². The highest BCUT2D eigenvalue weighted by molar-refractivity contribution is 4.63. The van der Waals surface area contributed by atoms with Gasteiger partial charge in [0.15, 0.2) is 0 Å². The Kier molecular flexibility index (Phi) is 7.98. The number of rotatable bonds is 8. The molecule has 0 aliphatic carbocycles. The zero-order valence-electron chi connectivity index (χ0n) is 11.8. The van der Waals surface area contributed by atoms with Gasteiger partial charge in [0.2, 0.25) is 0 Å². The van der Waals surface area contributed by atoms with Gasteiger partial charge in [0.05, 0.1) is 24.9 Å². The van der Waals surface area contributed by atoms with Gasteiger partial charge in [0.25, 0.3) is 0 Å². The maximum absolute atomic E-state index is 5.75. The fourth-order valence-corrected chi connectivity index (χ4v) is 1.25. The fourth-order valence-electron chi connectivity index (χ4n) is 1.25. The Labute approximate surface area is 101 Å². The average molecular weight is 231 g/mol. The van der Waals surface area contributed by atoms with Crippen LogP contribution in [0.4, 0.5) is 0 Å². The number of ether oxygens (including phenoxy) is 2. The van der Waals surface area contributed by atoms with Crippen LogP contribution in [0.2, 0.25) is 0 Å². The van der Waals surface area contributed by atoms with Crippen molar-refractivity contribution in [1.29, 1.82) is 0 Å². The molecular formula is C13H29NO2. The molecule has 0 saturated carbocycles. The fraction of sp³-hybridized carbons (Fsp3) is 1.00. The van der Waals surface area contributed by atoms with E-state index in [1.165, 1.54) is 0 Å². The van der Waals surface area contributed by atoms with E-state index in [0.717, 1.165) is 13.0 Å². The molecule has 98 valence electrons. The molecule has 0 saturated heterocycles. The molecule has 16 heavy (non-hydrogen) atoms. The molecule has 1 N–H and O–H groups in total. The van der Waals surface area contributed by atoms with E-state index in [4.69, 9.17) is 9.47 Å². The van der Waals surface area contributed by atoms with E-state index < -0.39 is 0 Å². The first-order valence-corrected chi connectivity index (χ1v) is 6.34. The summed E-state index contributed by atoms with van der Waals surface area (Å²) < 4.78 is 11.4. The van der Waals surface area contributed by atoms with Crippen molar-refractivity contribution in [2.45, 2.75) is 65.7 Å². The average Bonchev–Trinajstić information content (AvgIpc) is 2.15. The highest BCUT2D eigenvalue weighted by Gasteiger charge is 2.11. The number of hydrogen-bond acceptors (Lipinski definition) is 3. The Morgan fingerprint density at radius 1 is 1.12 bits per heavy atom. The Bertz CT molecular complexity index is 164. The van der Waals surface area contributed by atoms with Crippen LogP contribution in [0.3, 0.4) is 0 Å².